The van der Waals surface area contributed by atoms with E-state index in [4.69, 9.17) is 4.74 Å². The summed E-state index contributed by atoms with van der Waals surface area (Å²) in [5, 5.41) is 13.3. The van der Waals surface area contributed by atoms with E-state index < -0.39 is 0 Å². The predicted molar refractivity (Wildman–Crippen MR) is 68.5 cm³/mol. The molecule has 2 N–H and O–H groups in total. The molecular weight excluding hydrogens is 214 g/mol. The number of nitrogens with one attached hydrogen (secondary N) is 1. The monoisotopic (exact) mass is 235 g/mol. The van der Waals surface area contributed by atoms with Crippen molar-refractivity contribution in [2.75, 3.05) is 6.54 Å². The van der Waals surface area contributed by atoms with Crippen molar-refractivity contribution in [3.8, 4) is 11.5 Å². The second-order valence-electron chi connectivity index (χ2n) is 5.58. The summed E-state index contributed by atoms with van der Waals surface area (Å²) in [4.78, 5) is 0. The second-order valence-corrected chi connectivity index (χ2v) is 5.58. The minimum atomic E-state index is -0.211. The minimum Gasteiger partial charge on any atom is -0.508 e. The highest BCUT2D eigenvalue weighted by Gasteiger charge is 2.21. The fourth-order valence-corrected chi connectivity index (χ4v) is 2.18. The third kappa shape index (κ3) is 3.13. The molecule has 94 valence electrons. The third-order valence-corrected chi connectivity index (χ3v) is 2.86. The van der Waals surface area contributed by atoms with Gasteiger partial charge in [0.05, 0.1) is 0 Å². The van der Waals surface area contributed by atoms with Crippen LogP contribution in [-0.4, -0.2) is 17.3 Å². The maximum atomic E-state index is 9.90. The Morgan fingerprint density at radius 3 is 2.71 bits per heavy atom. The fraction of sp³-hybridized carbons (Fsp3) is 0.571. The van der Waals surface area contributed by atoms with Crippen molar-refractivity contribution in [1.82, 2.24) is 5.32 Å². The van der Waals surface area contributed by atoms with Gasteiger partial charge < -0.3 is 15.2 Å². The molecular formula is C14H21NO2. The number of hydrogen-bond donors (Lipinski definition) is 2. The smallest absolute Gasteiger partial charge is 0.120 e. The lowest BCUT2D eigenvalue weighted by molar-refractivity contribution is 0.130. The Bertz CT molecular complexity index is 390. The number of phenols is 1. The van der Waals surface area contributed by atoms with E-state index in [-0.39, 0.29) is 11.6 Å². The van der Waals surface area contributed by atoms with E-state index in [1.165, 1.54) is 0 Å². The highest BCUT2D eigenvalue weighted by atomic mass is 16.5. The molecule has 0 bridgehead atoms. The van der Waals surface area contributed by atoms with Gasteiger partial charge in [0.1, 0.15) is 17.1 Å². The molecule has 2 rings (SSSR count). The van der Waals surface area contributed by atoms with E-state index in [9.17, 15) is 5.11 Å². The van der Waals surface area contributed by atoms with Crippen LogP contribution >= 0.6 is 0 Å². The quantitative estimate of drug-likeness (QED) is 0.828. The summed E-state index contributed by atoms with van der Waals surface area (Å²) < 4.78 is 5.82. The topological polar surface area (TPSA) is 41.5 Å². The van der Waals surface area contributed by atoms with E-state index in [2.05, 4.69) is 5.32 Å². The first-order valence-corrected chi connectivity index (χ1v) is 6.21. The van der Waals surface area contributed by atoms with Gasteiger partial charge in [0.15, 0.2) is 0 Å². The Hall–Kier alpha value is -1.22. The Balaban J connectivity index is 2.22. The number of rotatable bonds is 2. The van der Waals surface area contributed by atoms with Crippen LogP contribution in [0.15, 0.2) is 18.2 Å². The molecule has 3 nitrogen and oxygen atoms in total. The van der Waals surface area contributed by atoms with Gasteiger partial charge >= 0.3 is 0 Å². The summed E-state index contributed by atoms with van der Waals surface area (Å²) in [6.07, 6.45) is 2.24. The summed E-state index contributed by atoms with van der Waals surface area (Å²) in [7, 11) is 0. The molecule has 0 unspecified atom stereocenters. The van der Waals surface area contributed by atoms with E-state index in [1.807, 2.05) is 32.9 Å². The second kappa shape index (κ2) is 4.57. The molecule has 0 spiro atoms. The molecule has 1 saturated heterocycles. The molecule has 1 atom stereocenters. The molecule has 0 aromatic heterocycles. The van der Waals surface area contributed by atoms with Gasteiger partial charge in [0.25, 0.3) is 0 Å². The van der Waals surface area contributed by atoms with Crippen LogP contribution in [0.3, 0.4) is 0 Å². The number of phenolic OH excluding ortho intramolecular Hbond substituents is 1. The van der Waals surface area contributed by atoms with E-state index >= 15 is 0 Å². The predicted octanol–water partition coefficient (Wildman–Crippen LogP) is 2.99. The molecule has 1 aliphatic heterocycles. The molecule has 0 amide bonds. The van der Waals surface area contributed by atoms with E-state index in [0.717, 1.165) is 30.7 Å². The van der Waals surface area contributed by atoms with Gasteiger partial charge in [0, 0.05) is 11.6 Å². The van der Waals surface area contributed by atoms with Crippen LogP contribution in [0.4, 0.5) is 0 Å². The molecule has 1 aromatic carbocycles. The van der Waals surface area contributed by atoms with Crippen LogP contribution in [0.2, 0.25) is 0 Å². The number of benzene rings is 1. The van der Waals surface area contributed by atoms with Crippen LogP contribution in [0.25, 0.3) is 0 Å². The van der Waals surface area contributed by atoms with Gasteiger partial charge in [-0.15, -0.1) is 0 Å². The fourth-order valence-electron chi connectivity index (χ4n) is 2.18. The van der Waals surface area contributed by atoms with Gasteiger partial charge in [-0.05, 0) is 58.4 Å². The Morgan fingerprint density at radius 1 is 1.35 bits per heavy atom. The first-order chi connectivity index (χ1) is 7.96. The first kappa shape index (κ1) is 12.2. The lowest BCUT2D eigenvalue weighted by Crippen LogP contribution is -2.23. The Morgan fingerprint density at radius 2 is 2.12 bits per heavy atom. The normalized spacial score (nSPS) is 20.5. The van der Waals surface area contributed by atoms with Crippen molar-refractivity contribution in [2.45, 2.75) is 45.3 Å². The van der Waals surface area contributed by atoms with Crippen molar-refractivity contribution < 1.29 is 9.84 Å². The standard InChI is InChI=1S/C14H21NO2/c1-14(2,3)17-10-6-7-13(16)11(9-10)12-5-4-8-15-12/h6-7,9,12,15-16H,4-5,8H2,1-3H3/t12-/m1/s1. The average molecular weight is 235 g/mol. The van der Waals surface area contributed by atoms with E-state index in [0.29, 0.717) is 5.75 Å². The zero-order chi connectivity index (χ0) is 12.5. The van der Waals surface area contributed by atoms with Gasteiger partial charge in [0.2, 0.25) is 0 Å². The molecule has 0 saturated carbocycles. The summed E-state index contributed by atoms with van der Waals surface area (Å²) in [6, 6.07) is 5.75. The summed E-state index contributed by atoms with van der Waals surface area (Å²) in [5.74, 6) is 1.17. The average Bonchev–Trinajstić information content (AvgIpc) is 2.72. The van der Waals surface area contributed by atoms with Gasteiger partial charge in [-0.1, -0.05) is 0 Å². The van der Waals surface area contributed by atoms with Crippen molar-refractivity contribution in [1.29, 1.82) is 0 Å². The number of hydrogen-bond acceptors (Lipinski definition) is 3. The molecule has 0 radical (unpaired) electrons. The van der Waals surface area contributed by atoms with Crippen molar-refractivity contribution in [3.63, 3.8) is 0 Å². The molecule has 17 heavy (non-hydrogen) atoms. The lowest BCUT2D eigenvalue weighted by atomic mass is 10.0. The molecule has 0 aliphatic carbocycles. The Kier molecular flexibility index (Phi) is 3.29. The first-order valence-electron chi connectivity index (χ1n) is 6.21. The summed E-state index contributed by atoms with van der Waals surface area (Å²) in [5.41, 5.74) is 0.737. The highest BCUT2D eigenvalue weighted by molar-refractivity contribution is 5.41. The third-order valence-electron chi connectivity index (χ3n) is 2.86. The zero-order valence-corrected chi connectivity index (χ0v) is 10.8. The largest absolute Gasteiger partial charge is 0.508 e. The van der Waals surface area contributed by atoms with Gasteiger partial charge in [-0.25, -0.2) is 0 Å². The number of ether oxygens (including phenoxy) is 1. The van der Waals surface area contributed by atoms with Gasteiger partial charge in [-0.3, -0.25) is 0 Å². The lowest BCUT2D eigenvalue weighted by Gasteiger charge is -2.22. The van der Waals surface area contributed by atoms with Crippen molar-refractivity contribution in [3.05, 3.63) is 23.8 Å². The summed E-state index contributed by atoms with van der Waals surface area (Å²) in [6.45, 7) is 7.09. The van der Waals surface area contributed by atoms with Crippen LogP contribution in [-0.2, 0) is 0 Å². The molecule has 1 heterocycles. The van der Waals surface area contributed by atoms with Crippen LogP contribution in [0.1, 0.15) is 45.2 Å². The zero-order valence-electron chi connectivity index (χ0n) is 10.8. The molecule has 1 aromatic rings. The molecule has 1 aliphatic rings. The van der Waals surface area contributed by atoms with Crippen LogP contribution in [0, 0.1) is 0 Å². The minimum absolute atomic E-state index is 0.211. The van der Waals surface area contributed by atoms with Crippen LogP contribution < -0.4 is 10.1 Å². The maximum absolute atomic E-state index is 9.90. The van der Waals surface area contributed by atoms with Crippen molar-refractivity contribution in [2.24, 2.45) is 0 Å². The van der Waals surface area contributed by atoms with Gasteiger partial charge in [-0.2, -0.15) is 0 Å². The Labute approximate surface area is 103 Å². The number of aromatic hydroxyl groups is 1. The van der Waals surface area contributed by atoms with Crippen molar-refractivity contribution >= 4 is 0 Å². The SMILES string of the molecule is CC(C)(C)Oc1ccc(O)c([C@H]2CCCN2)c1. The maximum Gasteiger partial charge on any atom is 0.120 e. The van der Waals surface area contributed by atoms with E-state index in [1.54, 1.807) is 6.07 Å². The molecule has 3 heteroatoms. The highest BCUT2D eigenvalue weighted by Crippen LogP contribution is 2.33. The summed E-state index contributed by atoms with van der Waals surface area (Å²) >= 11 is 0. The van der Waals surface area contributed by atoms with Crippen LogP contribution in [0.5, 0.6) is 11.5 Å². The molecule has 1 fully saturated rings.